The van der Waals surface area contributed by atoms with Crippen LogP contribution in [0.5, 0.6) is 0 Å². The number of rotatable bonds is 12. The molecule has 198 valence electrons. The summed E-state index contributed by atoms with van der Waals surface area (Å²) < 4.78 is 5.24. The number of amides is 2. The van der Waals surface area contributed by atoms with Crippen LogP contribution >= 0.6 is 0 Å². The van der Waals surface area contributed by atoms with Gasteiger partial charge >= 0.3 is 6.03 Å². The number of benzene rings is 1. The van der Waals surface area contributed by atoms with Gasteiger partial charge in [0, 0.05) is 45.3 Å². The van der Waals surface area contributed by atoms with Crippen LogP contribution in [0.2, 0.25) is 0 Å². The number of aliphatic hydroxyl groups is 1. The van der Waals surface area contributed by atoms with Crippen LogP contribution in [-0.2, 0) is 10.3 Å². The van der Waals surface area contributed by atoms with Gasteiger partial charge in [-0.25, -0.2) is 4.79 Å². The minimum atomic E-state index is -0.939. The van der Waals surface area contributed by atoms with Crippen molar-refractivity contribution in [2.75, 3.05) is 40.4 Å². The lowest BCUT2D eigenvalue weighted by Gasteiger charge is -2.43. The first-order valence-corrected chi connectivity index (χ1v) is 13.9. The lowest BCUT2D eigenvalue weighted by molar-refractivity contribution is -0.0564. The van der Waals surface area contributed by atoms with Crippen molar-refractivity contribution in [1.82, 2.24) is 15.5 Å². The number of ether oxygens (including phenoxy) is 1. The van der Waals surface area contributed by atoms with Crippen LogP contribution in [0.15, 0.2) is 24.3 Å². The van der Waals surface area contributed by atoms with E-state index in [1.807, 2.05) is 18.0 Å². The van der Waals surface area contributed by atoms with Gasteiger partial charge in [0.05, 0.1) is 5.60 Å². The van der Waals surface area contributed by atoms with E-state index in [2.05, 4.69) is 35.8 Å². The van der Waals surface area contributed by atoms with Crippen molar-refractivity contribution in [3.63, 3.8) is 0 Å². The number of methoxy groups -OCH3 is 1. The van der Waals surface area contributed by atoms with Gasteiger partial charge in [-0.05, 0) is 64.0 Å². The highest BCUT2D eigenvalue weighted by Crippen LogP contribution is 2.40. The lowest BCUT2D eigenvalue weighted by Crippen LogP contribution is -2.54. The fourth-order valence-electron chi connectivity index (χ4n) is 6.22. The van der Waals surface area contributed by atoms with Crippen LogP contribution in [-0.4, -0.2) is 62.5 Å². The molecular formula is C29H49N3O3. The Morgan fingerprint density at radius 3 is 2.71 bits per heavy atom. The summed E-state index contributed by atoms with van der Waals surface area (Å²) in [7, 11) is 3.68. The molecule has 3 atom stereocenters. The number of urea groups is 1. The molecule has 0 radical (unpaired) electrons. The molecule has 2 aliphatic rings. The Bertz CT molecular complexity index is 767. The van der Waals surface area contributed by atoms with E-state index in [1.54, 1.807) is 7.11 Å². The third-order valence-electron chi connectivity index (χ3n) is 8.18. The first-order chi connectivity index (χ1) is 17.0. The summed E-state index contributed by atoms with van der Waals surface area (Å²) in [5, 5.41) is 18.7. The first-order valence-electron chi connectivity index (χ1n) is 13.9. The zero-order valence-corrected chi connectivity index (χ0v) is 22.4. The zero-order valence-electron chi connectivity index (χ0n) is 22.4. The molecule has 0 spiro atoms. The number of piperidine rings is 1. The van der Waals surface area contributed by atoms with Crippen molar-refractivity contribution < 1.29 is 14.6 Å². The second-order valence-corrected chi connectivity index (χ2v) is 11.0. The fourth-order valence-corrected chi connectivity index (χ4v) is 6.22. The average Bonchev–Trinajstić information content (AvgIpc) is 2.87. The number of likely N-dealkylation sites (N-methyl/N-ethyl adjacent to an activating group) is 1. The highest BCUT2D eigenvalue weighted by atomic mass is 16.5. The molecule has 2 fully saturated rings. The number of nitrogens with one attached hydrogen (secondary N) is 2. The quantitative estimate of drug-likeness (QED) is 0.364. The second-order valence-electron chi connectivity index (χ2n) is 11.0. The minimum Gasteiger partial charge on any atom is -0.385 e. The Morgan fingerprint density at radius 1 is 1.20 bits per heavy atom. The number of likely N-dealkylation sites (tertiary alicyclic amines) is 1. The minimum absolute atomic E-state index is 0.0208. The molecule has 1 aliphatic carbocycles. The molecule has 1 heterocycles. The molecule has 2 amide bonds. The van der Waals surface area contributed by atoms with Gasteiger partial charge in [-0.3, -0.25) is 0 Å². The van der Waals surface area contributed by atoms with E-state index in [4.69, 9.17) is 4.74 Å². The molecule has 1 aromatic carbocycles. The van der Waals surface area contributed by atoms with Crippen LogP contribution in [0.25, 0.3) is 0 Å². The van der Waals surface area contributed by atoms with Gasteiger partial charge in [0.25, 0.3) is 0 Å². The number of carbonyl (C=O) groups is 1. The molecule has 1 aliphatic heterocycles. The molecule has 1 saturated heterocycles. The van der Waals surface area contributed by atoms with Crippen molar-refractivity contribution in [2.24, 2.45) is 11.8 Å². The molecule has 3 N–H and O–H groups in total. The fraction of sp³-hybridized carbons (Fsp3) is 0.759. The summed E-state index contributed by atoms with van der Waals surface area (Å²) in [5.74, 6) is 0.738. The largest absolute Gasteiger partial charge is 0.385 e. The maximum atomic E-state index is 13.4. The maximum Gasteiger partial charge on any atom is 0.317 e. The Hall–Kier alpha value is -1.63. The third kappa shape index (κ3) is 8.19. The van der Waals surface area contributed by atoms with Gasteiger partial charge in [0.1, 0.15) is 0 Å². The SMILES string of the molecule is CNC[C@H](CC1CCCCC1)NC(=O)N1CCC[C@@H]([C@](O)(CCCCOC)c2cccc(C)c2)C1. The molecule has 0 bridgehead atoms. The van der Waals surface area contributed by atoms with Crippen LogP contribution in [0, 0.1) is 18.8 Å². The first kappa shape index (κ1) is 27.9. The van der Waals surface area contributed by atoms with Crippen LogP contribution < -0.4 is 10.6 Å². The van der Waals surface area contributed by atoms with Gasteiger partial charge in [-0.2, -0.15) is 0 Å². The van der Waals surface area contributed by atoms with Crippen molar-refractivity contribution in [3.05, 3.63) is 35.4 Å². The summed E-state index contributed by atoms with van der Waals surface area (Å²) in [4.78, 5) is 15.3. The van der Waals surface area contributed by atoms with Crippen molar-refractivity contribution in [3.8, 4) is 0 Å². The number of hydrogen-bond donors (Lipinski definition) is 3. The molecule has 1 saturated carbocycles. The number of nitrogens with zero attached hydrogens (tertiary/aromatic N) is 1. The van der Waals surface area contributed by atoms with Crippen molar-refractivity contribution >= 4 is 6.03 Å². The number of aryl methyl sites for hydroxylation is 1. The summed E-state index contributed by atoms with van der Waals surface area (Å²) in [6.45, 7) is 4.93. The van der Waals surface area contributed by atoms with Crippen molar-refractivity contribution in [2.45, 2.75) is 89.2 Å². The normalized spacial score (nSPS) is 21.9. The second kappa shape index (κ2) is 14.2. The Labute approximate surface area is 213 Å². The van der Waals surface area contributed by atoms with Gasteiger partial charge in [0.2, 0.25) is 0 Å². The van der Waals surface area contributed by atoms with E-state index >= 15 is 0 Å². The zero-order chi connectivity index (χ0) is 25.1. The highest BCUT2D eigenvalue weighted by Gasteiger charge is 2.41. The van der Waals surface area contributed by atoms with Gasteiger partial charge in [-0.1, -0.05) is 61.9 Å². The van der Waals surface area contributed by atoms with E-state index < -0.39 is 5.60 Å². The van der Waals surface area contributed by atoms with Gasteiger partial charge in [0.15, 0.2) is 0 Å². The van der Waals surface area contributed by atoms with Gasteiger partial charge in [-0.15, -0.1) is 0 Å². The third-order valence-corrected chi connectivity index (χ3v) is 8.18. The van der Waals surface area contributed by atoms with E-state index in [0.29, 0.717) is 19.6 Å². The van der Waals surface area contributed by atoms with E-state index in [0.717, 1.165) is 62.2 Å². The van der Waals surface area contributed by atoms with Crippen molar-refractivity contribution in [1.29, 1.82) is 0 Å². The van der Waals surface area contributed by atoms with Crippen LogP contribution in [0.1, 0.15) is 81.8 Å². The van der Waals surface area contributed by atoms with Crippen LogP contribution in [0.3, 0.4) is 0 Å². The van der Waals surface area contributed by atoms with E-state index in [-0.39, 0.29) is 18.0 Å². The standard InChI is InChI=1S/C29H49N3O3/c1-23-11-9-14-25(19-23)29(34,16-7-8-18-35-3)26-15-10-17-32(22-26)28(33)31-27(21-30-2)20-24-12-5-4-6-13-24/h9,11,14,19,24,26-27,30,34H,4-8,10,12-13,15-18,20-22H2,1-3H3,(H,31,33)/t26-,27+,29+/m1/s1. The number of carbonyl (C=O) groups excluding carboxylic acids is 1. The molecule has 6 heteroatoms. The monoisotopic (exact) mass is 487 g/mol. The highest BCUT2D eigenvalue weighted by molar-refractivity contribution is 5.74. The molecule has 0 unspecified atom stereocenters. The molecule has 6 nitrogen and oxygen atoms in total. The Balaban J connectivity index is 1.67. The predicted molar refractivity (Wildman–Crippen MR) is 143 cm³/mol. The van der Waals surface area contributed by atoms with Crippen LogP contribution in [0.4, 0.5) is 4.79 Å². The molecule has 0 aromatic heterocycles. The molecule has 35 heavy (non-hydrogen) atoms. The Kier molecular flexibility index (Phi) is 11.3. The number of hydrogen-bond acceptors (Lipinski definition) is 4. The summed E-state index contributed by atoms with van der Waals surface area (Å²) in [6.07, 6.45) is 12.0. The summed E-state index contributed by atoms with van der Waals surface area (Å²) >= 11 is 0. The average molecular weight is 488 g/mol. The Morgan fingerprint density at radius 2 is 2.00 bits per heavy atom. The predicted octanol–water partition coefficient (Wildman–Crippen LogP) is 4.98. The van der Waals surface area contributed by atoms with Gasteiger partial charge < -0.3 is 25.4 Å². The molecule has 1 aromatic rings. The number of unbranched alkanes of at least 4 members (excludes halogenated alkanes) is 1. The smallest absolute Gasteiger partial charge is 0.317 e. The van der Waals surface area contributed by atoms with E-state index in [1.165, 1.54) is 32.1 Å². The summed E-state index contributed by atoms with van der Waals surface area (Å²) in [6, 6.07) is 8.45. The topological polar surface area (TPSA) is 73.8 Å². The molecular weight excluding hydrogens is 438 g/mol. The summed E-state index contributed by atoms with van der Waals surface area (Å²) in [5.41, 5.74) is 1.19. The lowest BCUT2D eigenvalue weighted by atomic mass is 9.74. The maximum absolute atomic E-state index is 13.4. The molecule has 3 rings (SSSR count). The van der Waals surface area contributed by atoms with E-state index in [9.17, 15) is 9.90 Å².